The third-order valence-corrected chi connectivity index (χ3v) is 11.3. The number of hydrogen-bond acceptors (Lipinski definition) is 7. The molecule has 0 spiro atoms. The zero-order valence-corrected chi connectivity index (χ0v) is 26.2. The fourth-order valence-electron chi connectivity index (χ4n) is 8.61. The van der Waals surface area contributed by atoms with Crippen molar-refractivity contribution in [2.24, 2.45) is 39.7 Å². The summed E-state index contributed by atoms with van der Waals surface area (Å²) in [6, 6.07) is -2.42. The van der Waals surface area contributed by atoms with Crippen LogP contribution in [0.2, 0.25) is 0 Å². The van der Waals surface area contributed by atoms with Gasteiger partial charge in [-0.05, 0) is 93.0 Å². The molecule has 242 valence electrons. The van der Waals surface area contributed by atoms with Crippen LogP contribution in [0.1, 0.15) is 91.9 Å². The van der Waals surface area contributed by atoms with Crippen molar-refractivity contribution in [1.29, 1.82) is 0 Å². The number of hydrogen-bond donors (Lipinski definition) is 5. The van der Waals surface area contributed by atoms with Gasteiger partial charge in [-0.15, -0.1) is 6.42 Å². The van der Waals surface area contributed by atoms with Crippen molar-refractivity contribution in [2.45, 2.75) is 110 Å². The third-order valence-electron chi connectivity index (χ3n) is 11.3. The summed E-state index contributed by atoms with van der Waals surface area (Å²) >= 11 is 0. The SMILES string of the molecule is C#C[C@@]1(O)CCC2C3CCC4=CC(=NOCC(=O)NC(C(=O)NC(CCC(=O)O)C(=O)O)C(C)C)CC[C@]4(C)C3CC[C@@]21C. The number of aliphatic hydroxyl groups is 1. The van der Waals surface area contributed by atoms with Gasteiger partial charge in [-0.1, -0.05) is 44.3 Å². The molecule has 11 heteroatoms. The molecule has 0 aromatic heterocycles. The number of nitrogens with zero attached hydrogens (tertiary/aromatic N) is 1. The Hall–Kier alpha value is -3.39. The van der Waals surface area contributed by atoms with Crippen LogP contribution in [-0.2, 0) is 24.0 Å². The van der Waals surface area contributed by atoms with Gasteiger partial charge in [0, 0.05) is 11.8 Å². The van der Waals surface area contributed by atoms with E-state index >= 15 is 0 Å². The van der Waals surface area contributed by atoms with Gasteiger partial charge in [0.1, 0.15) is 17.7 Å². The number of fused-ring (bicyclic) bond motifs is 5. The van der Waals surface area contributed by atoms with E-state index in [1.165, 1.54) is 5.57 Å². The number of carboxylic acids is 2. The van der Waals surface area contributed by atoms with Crippen LogP contribution in [0.3, 0.4) is 0 Å². The number of nitrogens with one attached hydrogen (secondary N) is 2. The second kappa shape index (κ2) is 12.9. The Morgan fingerprint density at radius 1 is 1.07 bits per heavy atom. The van der Waals surface area contributed by atoms with Crippen molar-refractivity contribution in [1.82, 2.24) is 10.6 Å². The molecule has 0 aromatic carbocycles. The van der Waals surface area contributed by atoms with Crippen LogP contribution in [0, 0.1) is 46.8 Å². The molecule has 0 heterocycles. The minimum absolute atomic E-state index is 0.0492. The lowest BCUT2D eigenvalue weighted by Crippen LogP contribution is -2.54. The summed E-state index contributed by atoms with van der Waals surface area (Å²) in [5, 5.41) is 38.6. The Morgan fingerprint density at radius 2 is 1.77 bits per heavy atom. The summed E-state index contributed by atoms with van der Waals surface area (Å²) in [5.74, 6) is 0.0444. The molecule has 4 rings (SSSR count). The monoisotopic (exact) mass is 613 g/mol. The predicted octanol–water partition coefficient (Wildman–Crippen LogP) is 3.26. The normalized spacial score (nSPS) is 34.8. The molecular weight excluding hydrogens is 566 g/mol. The van der Waals surface area contributed by atoms with Gasteiger partial charge in [0.2, 0.25) is 5.91 Å². The highest BCUT2D eigenvalue weighted by Crippen LogP contribution is 2.67. The van der Waals surface area contributed by atoms with Crippen molar-refractivity contribution in [2.75, 3.05) is 6.61 Å². The standard InChI is InChI=1S/C33H47N3O8/c1-6-33(43)16-13-24-22-8-7-20-17-21(11-14-31(20,4)23(22)12-15-32(24,33)5)36-44-18-26(37)35-28(19(2)3)29(40)34-25(30(41)42)9-10-27(38)39/h1,17,19,22-25,28,43H,7-16,18H2,2-5H3,(H,34,40)(H,35,37)(H,38,39)(H,41,42)/t22?,23?,24?,25?,28?,31-,32-,33+/m0/s1. The molecule has 3 saturated carbocycles. The summed E-state index contributed by atoms with van der Waals surface area (Å²) in [5.41, 5.74) is 0.931. The zero-order chi connectivity index (χ0) is 32.4. The van der Waals surface area contributed by atoms with Gasteiger partial charge in [0.05, 0.1) is 5.71 Å². The van der Waals surface area contributed by atoms with Gasteiger partial charge in [0.25, 0.3) is 5.91 Å². The second-order valence-electron chi connectivity index (χ2n) is 14.0. The van der Waals surface area contributed by atoms with Crippen LogP contribution in [0.25, 0.3) is 0 Å². The molecule has 11 nitrogen and oxygen atoms in total. The number of rotatable bonds is 11. The molecule has 0 radical (unpaired) electrons. The zero-order valence-electron chi connectivity index (χ0n) is 26.2. The van der Waals surface area contributed by atoms with E-state index in [9.17, 15) is 29.4 Å². The van der Waals surface area contributed by atoms with Gasteiger partial charge in [-0.25, -0.2) is 4.79 Å². The summed E-state index contributed by atoms with van der Waals surface area (Å²) in [6.07, 6.45) is 14.5. The Balaban J connectivity index is 1.34. The first-order chi connectivity index (χ1) is 20.6. The van der Waals surface area contributed by atoms with Crippen LogP contribution in [0.4, 0.5) is 0 Å². The number of amides is 2. The number of carbonyl (C=O) groups excluding carboxylic acids is 2. The van der Waals surface area contributed by atoms with E-state index < -0.39 is 54.5 Å². The average molecular weight is 614 g/mol. The van der Waals surface area contributed by atoms with Crippen molar-refractivity contribution in [3.05, 3.63) is 11.6 Å². The van der Waals surface area contributed by atoms with E-state index in [1.54, 1.807) is 13.8 Å². The number of aliphatic carboxylic acids is 2. The van der Waals surface area contributed by atoms with Crippen LogP contribution < -0.4 is 10.6 Å². The molecule has 4 aliphatic carbocycles. The summed E-state index contributed by atoms with van der Waals surface area (Å²) in [6.45, 7) is 7.55. The minimum atomic E-state index is -1.39. The molecule has 5 N–H and O–H groups in total. The molecule has 0 aromatic rings. The maximum Gasteiger partial charge on any atom is 0.326 e. The first kappa shape index (κ1) is 33.5. The largest absolute Gasteiger partial charge is 0.481 e. The van der Waals surface area contributed by atoms with Gasteiger partial charge in [0.15, 0.2) is 6.61 Å². The number of carboxylic acid groups (broad SMARTS) is 2. The fraction of sp³-hybridized carbons (Fsp3) is 0.727. The molecule has 2 amide bonds. The lowest BCUT2D eigenvalue weighted by atomic mass is 9.46. The summed E-state index contributed by atoms with van der Waals surface area (Å²) in [4.78, 5) is 53.1. The quantitative estimate of drug-likeness (QED) is 0.174. The van der Waals surface area contributed by atoms with Crippen molar-refractivity contribution in [3.63, 3.8) is 0 Å². The van der Waals surface area contributed by atoms with Crippen molar-refractivity contribution >= 4 is 29.5 Å². The maximum atomic E-state index is 12.8. The van der Waals surface area contributed by atoms with E-state index in [0.717, 1.165) is 44.2 Å². The van der Waals surface area contributed by atoms with E-state index in [0.29, 0.717) is 30.6 Å². The number of terminal acetylenes is 1. The molecule has 0 saturated heterocycles. The Kier molecular flexibility index (Phi) is 9.84. The molecule has 44 heavy (non-hydrogen) atoms. The van der Waals surface area contributed by atoms with Crippen molar-refractivity contribution < 1.29 is 39.3 Å². The topological polar surface area (TPSA) is 175 Å². The Bertz CT molecular complexity index is 1270. The average Bonchev–Trinajstić information content (AvgIpc) is 3.24. The fourth-order valence-corrected chi connectivity index (χ4v) is 8.61. The van der Waals surface area contributed by atoms with E-state index in [2.05, 4.69) is 41.6 Å². The van der Waals surface area contributed by atoms with E-state index in [-0.39, 0.29) is 23.2 Å². The molecular formula is C33H47N3O8. The lowest BCUT2D eigenvalue weighted by Gasteiger charge is -2.58. The highest BCUT2D eigenvalue weighted by atomic mass is 16.6. The molecule has 4 aliphatic rings. The number of allylic oxidation sites excluding steroid dienone is 2. The highest BCUT2D eigenvalue weighted by molar-refractivity contribution is 5.96. The maximum absolute atomic E-state index is 12.8. The van der Waals surface area contributed by atoms with E-state index in [4.69, 9.17) is 16.4 Å². The second-order valence-corrected chi connectivity index (χ2v) is 14.0. The van der Waals surface area contributed by atoms with Crippen molar-refractivity contribution in [3.8, 4) is 12.3 Å². The minimum Gasteiger partial charge on any atom is -0.481 e. The first-order valence-corrected chi connectivity index (χ1v) is 15.8. The number of oxime groups is 1. The van der Waals surface area contributed by atoms with Crippen LogP contribution in [0.15, 0.2) is 16.8 Å². The Labute approximate surface area is 259 Å². The molecule has 8 atom stereocenters. The third kappa shape index (κ3) is 6.37. The van der Waals surface area contributed by atoms with E-state index in [1.807, 2.05) is 0 Å². The van der Waals surface area contributed by atoms with Crippen LogP contribution in [-0.4, -0.2) is 69.1 Å². The summed E-state index contributed by atoms with van der Waals surface area (Å²) < 4.78 is 0. The first-order valence-electron chi connectivity index (χ1n) is 15.8. The molecule has 3 fully saturated rings. The van der Waals surface area contributed by atoms with Crippen LogP contribution >= 0.6 is 0 Å². The van der Waals surface area contributed by atoms with Gasteiger partial charge >= 0.3 is 11.9 Å². The molecule has 0 aliphatic heterocycles. The smallest absolute Gasteiger partial charge is 0.326 e. The molecule has 0 bridgehead atoms. The van der Waals surface area contributed by atoms with Gasteiger partial charge in [-0.2, -0.15) is 0 Å². The van der Waals surface area contributed by atoms with Gasteiger partial charge < -0.3 is 30.8 Å². The van der Waals surface area contributed by atoms with Gasteiger partial charge in [-0.3, -0.25) is 14.4 Å². The van der Waals surface area contributed by atoms with Crippen LogP contribution in [0.5, 0.6) is 0 Å². The Morgan fingerprint density at radius 3 is 2.41 bits per heavy atom. The molecule has 5 unspecified atom stereocenters. The number of carbonyl (C=O) groups is 4. The highest BCUT2D eigenvalue weighted by Gasteiger charge is 2.63. The predicted molar refractivity (Wildman–Crippen MR) is 162 cm³/mol. The lowest BCUT2D eigenvalue weighted by molar-refractivity contribution is -0.143. The summed E-state index contributed by atoms with van der Waals surface area (Å²) in [7, 11) is 0.